The van der Waals surface area contributed by atoms with E-state index in [9.17, 15) is 8.42 Å². The average Bonchev–Trinajstić information content (AvgIpc) is 3.48. The smallest absolute Gasteiger partial charge is 0.231 e. The van der Waals surface area contributed by atoms with Crippen LogP contribution < -0.4 is 20.3 Å². The van der Waals surface area contributed by atoms with E-state index in [1.165, 1.54) is 29.4 Å². The Kier molecular flexibility index (Phi) is 5.36. The van der Waals surface area contributed by atoms with Gasteiger partial charge >= 0.3 is 0 Å². The number of nitrogen functional groups attached to an aromatic ring is 1. The highest BCUT2D eigenvalue weighted by atomic mass is 32.2. The third-order valence-corrected chi connectivity index (χ3v) is 7.39. The number of nitrogens with two attached hydrogens (primary N) is 2. The van der Waals surface area contributed by atoms with Crippen LogP contribution in [0.2, 0.25) is 0 Å². The lowest BCUT2D eigenvalue weighted by molar-refractivity contribution is 0.174. The van der Waals surface area contributed by atoms with Crippen molar-refractivity contribution >= 4 is 50.1 Å². The zero-order valence-electron chi connectivity index (χ0n) is 16.5. The minimum atomic E-state index is -3.59. The third-order valence-electron chi connectivity index (χ3n) is 4.67. The number of ether oxygens (including phenoxy) is 2. The Balaban J connectivity index is 1.58. The molecule has 0 fully saturated rings. The lowest BCUT2D eigenvalue weighted by atomic mass is 10.2. The Morgan fingerprint density at radius 1 is 1.19 bits per heavy atom. The summed E-state index contributed by atoms with van der Waals surface area (Å²) < 4.78 is 35.7. The fraction of sp³-hybridized carbons (Fsp3) is 0.222. The van der Waals surface area contributed by atoms with E-state index >= 15 is 0 Å². The molecule has 1 aliphatic heterocycles. The molecule has 4 N–H and O–H groups in total. The molecule has 3 aromatic heterocycles. The lowest BCUT2D eigenvalue weighted by Crippen LogP contribution is -2.18. The average molecular weight is 492 g/mol. The predicted octanol–water partition coefficient (Wildman–Crippen LogP) is 2.09. The van der Waals surface area contributed by atoms with Crippen molar-refractivity contribution in [3.8, 4) is 22.1 Å². The molecule has 0 atom stereocenters. The number of sulfonamides is 1. The normalized spacial score (nSPS) is 13.2. The molecule has 1 aromatic carbocycles. The highest BCUT2D eigenvalue weighted by molar-refractivity contribution is 7.99. The highest BCUT2D eigenvalue weighted by Crippen LogP contribution is 2.45. The molecule has 4 heterocycles. The Morgan fingerprint density at radius 2 is 2.00 bits per heavy atom. The van der Waals surface area contributed by atoms with Crippen LogP contribution in [0.4, 0.5) is 5.82 Å². The summed E-state index contributed by atoms with van der Waals surface area (Å²) in [7, 11) is -3.59. The first-order valence-corrected chi connectivity index (χ1v) is 12.8. The second-order valence-electron chi connectivity index (χ2n) is 6.84. The van der Waals surface area contributed by atoms with Gasteiger partial charge in [-0.1, -0.05) is 11.8 Å². The summed E-state index contributed by atoms with van der Waals surface area (Å²) in [5.74, 6) is 1.36. The van der Waals surface area contributed by atoms with Crippen molar-refractivity contribution in [2.24, 2.45) is 5.14 Å². The Labute approximate surface area is 190 Å². The van der Waals surface area contributed by atoms with Crippen LogP contribution in [0.15, 0.2) is 40.1 Å². The van der Waals surface area contributed by atoms with Crippen LogP contribution >= 0.6 is 23.1 Å². The molecule has 0 radical (unpaired) electrons. The number of rotatable bonds is 7. The molecule has 0 bridgehead atoms. The summed E-state index contributed by atoms with van der Waals surface area (Å²) in [6, 6.07) is 3.78. The standard InChI is InChI=1S/C18H17N7O4S3/c19-15-14-16(23-8-22-15)25(3-1-5-32(20,26)27)18(24-14)31-13-7-12-11(28-9-29-12)6-10(13)17-21-2-4-30-17/h2,4,6-8H,1,3,5,9H2,(H2,19,22,23)(H2,20,26,27). The molecule has 4 aromatic rings. The summed E-state index contributed by atoms with van der Waals surface area (Å²) in [5, 5.41) is 8.46. The van der Waals surface area contributed by atoms with Gasteiger partial charge in [0.1, 0.15) is 11.3 Å². The molecule has 32 heavy (non-hydrogen) atoms. The number of hydrogen-bond acceptors (Lipinski definition) is 11. The van der Waals surface area contributed by atoms with Crippen molar-refractivity contribution in [3.63, 3.8) is 0 Å². The van der Waals surface area contributed by atoms with Crippen molar-refractivity contribution in [2.45, 2.75) is 23.0 Å². The molecule has 5 rings (SSSR count). The third kappa shape index (κ3) is 4.09. The van der Waals surface area contributed by atoms with Gasteiger partial charge < -0.3 is 19.8 Å². The number of aryl methyl sites for hydroxylation is 1. The zero-order valence-corrected chi connectivity index (χ0v) is 18.9. The second-order valence-corrected chi connectivity index (χ2v) is 10.5. The van der Waals surface area contributed by atoms with Gasteiger partial charge in [-0.25, -0.2) is 33.5 Å². The van der Waals surface area contributed by atoms with Crippen molar-refractivity contribution < 1.29 is 17.9 Å². The number of anilines is 1. The molecule has 166 valence electrons. The van der Waals surface area contributed by atoms with Gasteiger partial charge in [-0.3, -0.25) is 0 Å². The molecule has 0 saturated heterocycles. The topological polar surface area (TPSA) is 161 Å². The Hall–Kier alpha value is -2.94. The first-order chi connectivity index (χ1) is 15.4. The summed E-state index contributed by atoms with van der Waals surface area (Å²) in [6.45, 7) is 0.488. The number of hydrogen-bond donors (Lipinski definition) is 2. The SMILES string of the molecule is Nc1ncnc2c1nc(Sc1cc3c(cc1-c1nccs1)OCO3)n2CCCS(N)(=O)=O. The number of nitrogens with zero attached hydrogens (tertiary/aromatic N) is 5. The second kappa shape index (κ2) is 8.20. The molecular formula is C18H17N7O4S3. The molecule has 14 heteroatoms. The van der Waals surface area contributed by atoms with Gasteiger partial charge in [-0.2, -0.15) is 0 Å². The molecule has 0 aliphatic carbocycles. The van der Waals surface area contributed by atoms with Crippen molar-refractivity contribution in [1.29, 1.82) is 0 Å². The van der Waals surface area contributed by atoms with Gasteiger partial charge in [0.05, 0.1) is 5.75 Å². The van der Waals surface area contributed by atoms with Gasteiger partial charge in [-0.15, -0.1) is 11.3 Å². The maximum atomic E-state index is 11.4. The highest BCUT2D eigenvalue weighted by Gasteiger charge is 2.23. The maximum absolute atomic E-state index is 11.4. The van der Waals surface area contributed by atoms with Gasteiger partial charge in [0.15, 0.2) is 33.6 Å². The quantitative estimate of drug-likeness (QED) is 0.391. The fourth-order valence-corrected chi connectivity index (χ4v) is 5.58. The minimum absolute atomic E-state index is 0.152. The van der Waals surface area contributed by atoms with Crippen LogP contribution in [-0.2, 0) is 16.6 Å². The van der Waals surface area contributed by atoms with Crippen molar-refractivity contribution in [2.75, 3.05) is 18.3 Å². The lowest BCUT2D eigenvalue weighted by Gasteiger charge is -2.11. The van der Waals surface area contributed by atoms with Gasteiger partial charge in [0, 0.05) is 28.6 Å². The zero-order chi connectivity index (χ0) is 22.3. The van der Waals surface area contributed by atoms with E-state index in [0.29, 0.717) is 40.8 Å². The summed E-state index contributed by atoms with van der Waals surface area (Å²) in [5.41, 5.74) is 7.85. The van der Waals surface area contributed by atoms with Gasteiger partial charge in [0.2, 0.25) is 16.8 Å². The predicted molar refractivity (Wildman–Crippen MR) is 120 cm³/mol. The number of primary sulfonamides is 1. The Bertz CT molecular complexity index is 1400. The van der Waals surface area contributed by atoms with Crippen LogP contribution in [0.5, 0.6) is 11.5 Å². The van der Waals surface area contributed by atoms with E-state index in [-0.39, 0.29) is 18.4 Å². The number of aromatic nitrogens is 5. The molecule has 1 aliphatic rings. The van der Waals surface area contributed by atoms with Crippen LogP contribution in [0.25, 0.3) is 21.7 Å². The van der Waals surface area contributed by atoms with Crippen LogP contribution in [-0.4, -0.2) is 45.5 Å². The van der Waals surface area contributed by atoms with Crippen LogP contribution in [0, 0.1) is 0 Å². The van der Waals surface area contributed by atoms with E-state index in [0.717, 1.165) is 15.5 Å². The van der Waals surface area contributed by atoms with Crippen molar-refractivity contribution in [1.82, 2.24) is 24.5 Å². The monoisotopic (exact) mass is 491 g/mol. The minimum Gasteiger partial charge on any atom is -0.454 e. The molecule has 0 saturated carbocycles. The van der Waals surface area contributed by atoms with Crippen LogP contribution in [0.3, 0.4) is 0 Å². The van der Waals surface area contributed by atoms with Gasteiger partial charge in [0.25, 0.3) is 0 Å². The molecule has 0 spiro atoms. The van der Waals surface area contributed by atoms with Crippen molar-refractivity contribution in [3.05, 3.63) is 30.0 Å². The van der Waals surface area contributed by atoms with Gasteiger partial charge in [-0.05, 0) is 18.6 Å². The first kappa shape index (κ1) is 20.9. The first-order valence-electron chi connectivity index (χ1n) is 9.37. The number of imidazole rings is 1. The number of fused-ring (bicyclic) bond motifs is 2. The van der Waals surface area contributed by atoms with Crippen LogP contribution in [0.1, 0.15) is 6.42 Å². The van der Waals surface area contributed by atoms with E-state index in [4.69, 9.17) is 20.3 Å². The molecule has 0 unspecified atom stereocenters. The Morgan fingerprint density at radius 3 is 2.75 bits per heavy atom. The van der Waals surface area contributed by atoms with E-state index < -0.39 is 10.0 Å². The number of benzene rings is 1. The summed E-state index contributed by atoms with van der Waals surface area (Å²) in [6.07, 6.45) is 3.38. The summed E-state index contributed by atoms with van der Waals surface area (Å²) in [4.78, 5) is 18.2. The largest absolute Gasteiger partial charge is 0.454 e. The molecular weight excluding hydrogens is 474 g/mol. The van der Waals surface area contributed by atoms with E-state index in [1.54, 1.807) is 6.20 Å². The number of thiazole rings is 1. The van der Waals surface area contributed by atoms with E-state index in [1.807, 2.05) is 22.1 Å². The molecule has 11 nitrogen and oxygen atoms in total. The maximum Gasteiger partial charge on any atom is 0.231 e. The van der Waals surface area contributed by atoms with E-state index in [2.05, 4.69) is 19.9 Å². The molecule has 0 amide bonds. The fourth-order valence-electron chi connectivity index (χ4n) is 3.27. The summed E-state index contributed by atoms with van der Waals surface area (Å²) >= 11 is 2.88.